The fourth-order valence-electron chi connectivity index (χ4n) is 3.77. The van der Waals surface area contributed by atoms with Gasteiger partial charge in [0, 0.05) is 21.2 Å². The lowest BCUT2D eigenvalue weighted by atomic mass is 9.91. The largest absolute Gasteiger partial charge is 0.386 e. The highest BCUT2D eigenvalue weighted by Crippen LogP contribution is 2.21. The molecule has 32 heavy (non-hydrogen) atoms. The summed E-state index contributed by atoms with van der Waals surface area (Å²) in [6, 6.07) is -4.85. The molecule has 0 amide bonds. The Morgan fingerprint density at radius 1 is 0.562 bits per heavy atom. The van der Waals surface area contributed by atoms with Crippen molar-refractivity contribution < 1.29 is 30.1 Å². The fraction of sp³-hybridized carbons (Fsp3) is 1.00. The number of hydrogen-bond acceptors (Lipinski definition) is 9. The Hall–Kier alpha value is -1.92. The summed E-state index contributed by atoms with van der Waals surface area (Å²) in [5.74, 6) is 0. The predicted molar refractivity (Wildman–Crippen MR) is 117 cm³/mol. The minimum absolute atomic E-state index is 0.0385. The third-order valence-corrected chi connectivity index (χ3v) is 5.82. The van der Waals surface area contributed by atoms with Crippen molar-refractivity contribution in [1.29, 1.82) is 0 Å². The first-order valence-corrected chi connectivity index (χ1v) is 11.5. The van der Waals surface area contributed by atoms with Crippen LogP contribution in [0.1, 0.15) is 90.9 Å². The van der Waals surface area contributed by atoms with Gasteiger partial charge in [-0.25, -0.2) is 0 Å². The molecule has 0 fully saturated rings. The van der Waals surface area contributed by atoms with E-state index in [0.29, 0.717) is 19.3 Å². The van der Waals surface area contributed by atoms with E-state index < -0.39 is 64.0 Å². The van der Waals surface area contributed by atoms with Gasteiger partial charge >= 0.3 is 0 Å². The summed E-state index contributed by atoms with van der Waals surface area (Å²) in [5.41, 5.74) is 0. The van der Waals surface area contributed by atoms with E-state index in [1.165, 1.54) is 0 Å². The zero-order chi connectivity index (χ0) is 24.7. The molecule has 0 bridgehead atoms. The first-order valence-electron chi connectivity index (χ1n) is 11.5. The van der Waals surface area contributed by atoms with E-state index in [1.54, 1.807) is 0 Å². The van der Waals surface area contributed by atoms with E-state index >= 15 is 0 Å². The third-order valence-electron chi connectivity index (χ3n) is 5.82. The van der Waals surface area contributed by atoms with E-state index in [-0.39, 0.29) is 12.8 Å². The second kappa shape index (κ2) is 16.7. The summed E-state index contributed by atoms with van der Waals surface area (Å²) >= 11 is 0. The first kappa shape index (κ1) is 30.1. The molecule has 12 nitrogen and oxygen atoms in total. The number of nitrogens with zero attached hydrogens (tertiary/aromatic N) is 3. The van der Waals surface area contributed by atoms with Crippen LogP contribution >= 0.6 is 0 Å². The van der Waals surface area contributed by atoms with Crippen LogP contribution in [0, 0.1) is 30.3 Å². The average Bonchev–Trinajstić information content (AvgIpc) is 2.71. The van der Waals surface area contributed by atoms with Crippen LogP contribution in [0.2, 0.25) is 0 Å². The van der Waals surface area contributed by atoms with E-state index in [1.807, 2.05) is 13.8 Å². The van der Waals surface area contributed by atoms with Crippen LogP contribution in [-0.2, 0) is 0 Å². The number of rotatable bonds is 20. The molecule has 0 heterocycles. The van der Waals surface area contributed by atoms with Crippen molar-refractivity contribution in [3.8, 4) is 0 Å². The molecule has 0 aliphatic rings. The first-order chi connectivity index (χ1) is 15.1. The highest BCUT2D eigenvalue weighted by molar-refractivity contribution is 4.81. The van der Waals surface area contributed by atoms with Gasteiger partial charge in [-0.1, -0.05) is 58.8 Å². The van der Waals surface area contributed by atoms with Gasteiger partial charge in [0.25, 0.3) is 0 Å². The predicted octanol–water partition coefficient (Wildman–Crippen LogP) is 2.73. The number of hydrogen-bond donors (Lipinski definition) is 3. The Morgan fingerprint density at radius 2 is 0.938 bits per heavy atom. The summed E-state index contributed by atoms with van der Waals surface area (Å²) < 4.78 is 0. The molecule has 0 saturated carbocycles. The zero-order valence-corrected chi connectivity index (χ0v) is 19.1. The molecule has 0 aliphatic carbocycles. The third kappa shape index (κ3) is 11.6. The molecule has 6 unspecified atom stereocenters. The molecule has 0 aromatic heterocycles. The molecule has 12 heteroatoms. The molecule has 0 spiro atoms. The molecular formula is C20H39N3O9. The van der Waals surface area contributed by atoms with Crippen LogP contribution < -0.4 is 0 Å². The molecule has 0 rings (SSSR count). The zero-order valence-electron chi connectivity index (χ0n) is 19.1. The van der Waals surface area contributed by atoms with Crippen molar-refractivity contribution in [3.05, 3.63) is 30.3 Å². The minimum atomic E-state index is -1.84. The lowest BCUT2D eigenvalue weighted by Gasteiger charge is -2.23. The van der Waals surface area contributed by atoms with Crippen molar-refractivity contribution >= 4 is 0 Å². The summed E-state index contributed by atoms with van der Waals surface area (Å²) in [4.78, 5) is 31.8. The van der Waals surface area contributed by atoms with Crippen molar-refractivity contribution in [2.24, 2.45) is 0 Å². The van der Waals surface area contributed by atoms with Gasteiger partial charge in [-0.2, -0.15) is 0 Å². The Balaban J connectivity index is 5.08. The second-order valence-electron chi connectivity index (χ2n) is 8.43. The Kier molecular flexibility index (Phi) is 15.7. The highest BCUT2D eigenvalue weighted by atomic mass is 16.6. The Morgan fingerprint density at radius 3 is 1.41 bits per heavy atom. The molecule has 0 aliphatic heterocycles. The standard InChI is InChI=1S/C20H39N3O9/c1-3-5-7-8-10-12-18(24)16(22(29)30)13-20(26)17(23(31)32)14-19(25)15(21(27)28)11-9-6-4-2/h15-20,24-26H,3-14H2,1-2H3. The fourth-order valence-corrected chi connectivity index (χ4v) is 3.77. The topological polar surface area (TPSA) is 190 Å². The van der Waals surface area contributed by atoms with Crippen LogP contribution in [0.4, 0.5) is 0 Å². The van der Waals surface area contributed by atoms with Gasteiger partial charge < -0.3 is 15.3 Å². The van der Waals surface area contributed by atoms with Gasteiger partial charge in [-0.15, -0.1) is 0 Å². The van der Waals surface area contributed by atoms with Gasteiger partial charge in [0.05, 0.1) is 12.8 Å². The van der Waals surface area contributed by atoms with E-state index in [0.717, 1.165) is 32.1 Å². The normalized spacial score (nSPS) is 17.2. The maximum absolute atomic E-state index is 11.5. The lowest BCUT2D eigenvalue weighted by molar-refractivity contribution is -0.562. The van der Waals surface area contributed by atoms with E-state index in [9.17, 15) is 45.7 Å². The Labute approximate surface area is 188 Å². The molecule has 0 saturated heterocycles. The smallest absolute Gasteiger partial charge is 0.241 e. The summed E-state index contributed by atoms with van der Waals surface area (Å²) in [7, 11) is 0. The number of aliphatic hydroxyl groups is 3. The van der Waals surface area contributed by atoms with Gasteiger partial charge in [-0.3, -0.25) is 30.3 Å². The monoisotopic (exact) mass is 465 g/mol. The van der Waals surface area contributed by atoms with E-state index in [2.05, 4.69) is 0 Å². The number of nitro groups is 3. The quantitative estimate of drug-likeness (QED) is 0.138. The molecule has 6 atom stereocenters. The van der Waals surface area contributed by atoms with Gasteiger partial charge in [0.2, 0.25) is 18.1 Å². The lowest BCUT2D eigenvalue weighted by Crippen LogP contribution is -2.46. The van der Waals surface area contributed by atoms with Crippen LogP contribution in [0.3, 0.4) is 0 Å². The van der Waals surface area contributed by atoms with Crippen LogP contribution in [0.25, 0.3) is 0 Å². The summed E-state index contributed by atoms with van der Waals surface area (Å²) in [6.45, 7) is 3.95. The molecule has 188 valence electrons. The van der Waals surface area contributed by atoms with Crippen molar-refractivity contribution in [2.45, 2.75) is 127 Å². The van der Waals surface area contributed by atoms with E-state index in [4.69, 9.17) is 0 Å². The Bertz CT molecular complexity index is 564. The van der Waals surface area contributed by atoms with Crippen molar-refractivity contribution in [3.63, 3.8) is 0 Å². The van der Waals surface area contributed by atoms with Gasteiger partial charge in [-0.05, 0) is 12.8 Å². The second-order valence-corrected chi connectivity index (χ2v) is 8.43. The van der Waals surface area contributed by atoms with Crippen LogP contribution in [0.5, 0.6) is 0 Å². The maximum atomic E-state index is 11.5. The molecule has 3 N–H and O–H groups in total. The molecular weight excluding hydrogens is 426 g/mol. The van der Waals surface area contributed by atoms with Crippen molar-refractivity contribution in [2.75, 3.05) is 0 Å². The van der Waals surface area contributed by atoms with Gasteiger partial charge in [0.1, 0.15) is 18.3 Å². The van der Waals surface area contributed by atoms with Gasteiger partial charge in [0.15, 0.2) is 0 Å². The molecule has 0 aromatic carbocycles. The number of aliphatic hydroxyl groups excluding tert-OH is 3. The molecule has 0 aromatic rings. The average molecular weight is 466 g/mol. The van der Waals surface area contributed by atoms with Crippen molar-refractivity contribution in [1.82, 2.24) is 0 Å². The molecule has 0 radical (unpaired) electrons. The van der Waals surface area contributed by atoms with Crippen LogP contribution in [-0.4, -0.2) is 66.5 Å². The minimum Gasteiger partial charge on any atom is -0.386 e. The maximum Gasteiger partial charge on any atom is 0.241 e. The highest BCUT2D eigenvalue weighted by Gasteiger charge is 2.42. The summed E-state index contributed by atoms with van der Waals surface area (Å²) in [6.07, 6.45) is 0.208. The SMILES string of the molecule is CCCCCCCC(O)C(CC(O)C(CC(O)C(CCCCC)[N+](=O)[O-])[N+](=O)[O-])[N+](=O)[O-]. The summed E-state index contributed by atoms with van der Waals surface area (Å²) in [5, 5.41) is 64.9. The number of unbranched alkanes of at least 4 members (excludes halogenated alkanes) is 6. The van der Waals surface area contributed by atoms with Crippen LogP contribution in [0.15, 0.2) is 0 Å².